The Hall–Kier alpha value is -2.09. The van der Waals surface area contributed by atoms with Crippen LogP contribution in [-0.2, 0) is 16.6 Å². The molecule has 0 radical (unpaired) electrons. The quantitative estimate of drug-likeness (QED) is 0.668. The maximum Gasteiger partial charge on any atom is 0.241 e. The van der Waals surface area contributed by atoms with E-state index in [1.165, 1.54) is 6.07 Å². The molecule has 7 heteroatoms. The van der Waals surface area contributed by atoms with E-state index in [2.05, 4.69) is 19.2 Å². The van der Waals surface area contributed by atoms with Crippen molar-refractivity contribution in [3.8, 4) is 11.5 Å². The number of aliphatic hydroxyl groups is 1. The van der Waals surface area contributed by atoms with Gasteiger partial charge in [0.05, 0.1) is 12.3 Å². The minimum Gasteiger partial charge on any atom is -0.454 e. The summed E-state index contributed by atoms with van der Waals surface area (Å²) in [7, 11) is -4.03. The lowest BCUT2D eigenvalue weighted by molar-refractivity contribution is 0.281. The van der Waals surface area contributed by atoms with Crippen molar-refractivity contribution in [2.75, 3.05) is 11.9 Å². The molecule has 0 aliphatic carbocycles. The van der Waals surface area contributed by atoms with Gasteiger partial charge in [-0.25, -0.2) is 13.6 Å². The van der Waals surface area contributed by atoms with E-state index in [-0.39, 0.29) is 17.3 Å². The van der Waals surface area contributed by atoms with Gasteiger partial charge in [0, 0.05) is 6.54 Å². The summed E-state index contributed by atoms with van der Waals surface area (Å²) in [6.07, 6.45) is 0.902. The molecule has 136 valence electrons. The van der Waals surface area contributed by atoms with Crippen LogP contribution in [0, 0.1) is 5.92 Å². The summed E-state index contributed by atoms with van der Waals surface area (Å²) in [5.74, 6) is 1.12. The summed E-state index contributed by atoms with van der Waals surface area (Å²) < 4.78 is 29.9. The highest BCUT2D eigenvalue weighted by molar-refractivity contribution is 7.89. The molecular formula is C18H24N2O4S. The summed E-state index contributed by atoms with van der Waals surface area (Å²) in [5, 5.41) is 18.0. The lowest BCUT2D eigenvalue weighted by Gasteiger charge is -2.18. The third-order valence-electron chi connectivity index (χ3n) is 3.60. The number of ether oxygens (including phenoxy) is 1. The summed E-state index contributed by atoms with van der Waals surface area (Å²) in [5.41, 5.74) is 0.927. The van der Waals surface area contributed by atoms with E-state index in [9.17, 15) is 13.5 Å². The maximum atomic E-state index is 12.0. The lowest BCUT2D eigenvalue weighted by atomic mass is 10.1. The van der Waals surface area contributed by atoms with Crippen LogP contribution < -0.4 is 15.2 Å². The molecule has 0 heterocycles. The highest BCUT2D eigenvalue weighted by Gasteiger charge is 2.21. The zero-order chi connectivity index (χ0) is 18.4. The van der Waals surface area contributed by atoms with E-state index in [1.807, 2.05) is 6.07 Å². The molecule has 0 aromatic heterocycles. The zero-order valence-electron chi connectivity index (χ0n) is 14.4. The van der Waals surface area contributed by atoms with E-state index < -0.39 is 10.0 Å². The third-order valence-corrected chi connectivity index (χ3v) is 4.52. The number of hydrogen-bond acceptors (Lipinski definition) is 5. The fraction of sp³-hybridized carbons (Fsp3) is 0.333. The first-order chi connectivity index (χ1) is 11.8. The van der Waals surface area contributed by atoms with Gasteiger partial charge in [0.25, 0.3) is 0 Å². The van der Waals surface area contributed by atoms with E-state index >= 15 is 0 Å². The SMILES string of the molecule is CC(C)CCNc1cc(CO)cc(S(N)(=O)=O)c1Oc1ccccc1. The number of rotatable bonds is 8. The first-order valence-electron chi connectivity index (χ1n) is 8.08. The van der Waals surface area contributed by atoms with Gasteiger partial charge in [-0.1, -0.05) is 32.0 Å². The molecule has 4 N–H and O–H groups in total. The van der Waals surface area contributed by atoms with E-state index in [0.29, 0.717) is 29.5 Å². The average Bonchev–Trinajstić information content (AvgIpc) is 2.55. The van der Waals surface area contributed by atoms with Crippen LogP contribution in [0.15, 0.2) is 47.4 Å². The van der Waals surface area contributed by atoms with Crippen LogP contribution in [0.1, 0.15) is 25.8 Å². The fourth-order valence-electron chi connectivity index (χ4n) is 2.30. The van der Waals surface area contributed by atoms with Crippen LogP contribution in [0.2, 0.25) is 0 Å². The smallest absolute Gasteiger partial charge is 0.241 e. The van der Waals surface area contributed by atoms with Crippen LogP contribution in [0.4, 0.5) is 5.69 Å². The number of nitrogens with one attached hydrogen (secondary N) is 1. The normalized spacial score (nSPS) is 11.6. The first kappa shape index (κ1) is 19.2. The number of aliphatic hydroxyl groups excluding tert-OH is 1. The molecule has 0 aliphatic rings. The van der Waals surface area contributed by atoms with Crippen LogP contribution in [-0.4, -0.2) is 20.1 Å². The van der Waals surface area contributed by atoms with Crippen molar-refractivity contribution in [2.24, 2.45) is 11.1 Å². The predicted octanol–water partition coefficient (Wildman–Crippen LogP) is 3.08. The highest BCUT2D eigenvalue weighted by Crippen LogP contribution is 2.37. The first-order valence-corrected chi connectivity index (χ1v) is 9.63. The van der Waals surface area contributed by atoms with Crippen LogP contribution >= 0.6 is 0 Å². The average molecular weight is 364 g/mol. The van der Waals surface area contributed by atoms with Gasteiger partial charge in [-0.05, 0) is 42.2 Å². The molecule has 0 unspecified atom stereocenters. The molecule has 0 amide bonds. The predicted molar refractivity (Wildman–Crippen MR) is 98.2 cm³/mol. The Morgan fingerprint density at radius 1 is 1.20 bits per heavy atom. The molecular weight excluding hydrogens is 340 g/mol. The van der Waals surface area contributed by atoms with Crippen LogP contribution in [0.25, 0.3) is 0 Å². The molecule has 0 bridgehead atoms. The lowest BCUT2D eigenvalue weighted by Crippen LogP contribution is -2.15. The number of primary sulfonamides is 1. The van der Waals surface area contributed by atoms with Gasteiger partial charge in [-0.15, -0.1) is 0 Å². The van der Waals surface area contributed by atoms with Gasteiger partial charge in [0.15, 0.2) is 5.75 Å². The van der Waals surface area contributed by atoms with Gasteiger partial charge >= 0.3 is 0 Å². The summed E-state index contributed by atoms with van der Waals surface area (Å²) in [4.78, 5) is -0.157. The number of anilines is 1. The number of hydrogen-bond donors (Lipinski definition) is 3. The van der Waals surface area contributed by atoms with Crippen molar-refractivity contribution in [3.63, 3.8) is 0 Å². The highest BCUT2D eigenvalue weighted by atomic mass is 32.2. The van der Waals surface area contributed by atoms with E-state index in [0.717, 1.165) is 6.42 Å². The largest absolute Gasteiger partial charge is 0.454 e. The van der Waals surface area contributed by atoms with Gasteiger partial charge in [-0.2, -0.15) is 0 Å². The number of sulfonamides is 1. The maximum absolute atomic E-state index is 12.0. The standard InChI is InChI=1S/C18H24N2O4S/c1-13(2)8-9-20-16-10-14(12-21)11-17(25(19,22)23)18(16)24-15-6-4-3-5-7-15/h3-7,10-11,13,20-21H,8-9,12H2,1-2H3,(H2,19,22,23). The number of para-hydroxylation sites is 1. The molecule has 0 fully saturated rings. The van der Waals surface area contributed by atoms with Gasteiger partial charge < -0.3 is 15.2 Å². The van der Waals surface area contributed by atoms with Crippen molar-refractivity contribution in [1.82, 2.24) is 0 Å². The van der Waals surface area contributed by atoms with E-state index in [4.69, 9.17) is 9.88 Å². The number of benzene rings is 2. The molecule has 2 aromatic carbocycles. The Labute approximate surface area is 148 Å². The van der Waals surface area contributed by atoms with Crippen molar-refractivity contribution in [3.05, 3.63) is 48.0 Å². The third kappa shape index (κ3) is 5.45. The monoisotopic (exact) mass is 364 g/mol. The second-order valence-electron chi connectivity index (χ2n) is 6.20. The Kier molecular flexibility index (Phi) is 6.41. The topological polar surface area (TPSA) is 102 Å². The summed E-state index contributed by atoms with van der Waals surface area (Å²) in [6.45, 7) is 4.54. The van der Waals surface area contributed by atoms with Crippen LogP contribution in [0.3, 0.4) is 0 Å². The molecule has 25 heavy (non-hydrogen) atoms. The Morgan fingerprint density at radius 2 is 1.88 bits per heavy atom. The molecule has 0 spiro atoms. The van der Waals surface area contributed by atoms with E-state index in [1.54, 1.807) is 30.3 Å². The van der Waals surface area contributed by atoms with Gasteiger partial charge in [0.1, 0.15) is 10.6 Å². The molecule has 0 saturated heterocycles. The minimum absolute atomic E-state index is 0.134. The fourth-order valence-corrected chi connectivity index (χ4v) is 3.03. The minimum atomic E-state index is -4.03. The number of nitrogens with two attached hydrogens (primary N) is 1. The Morgan fingerprint density at radius 3 is 2.44 bits per heavy atom. The molecule has 2 aromatic rings. The van der Waals surface area contributed by atoms with Gasteiger partial charge in [0.2, 0.25) is 10.0 Å². The van der Waals surface area contributed by atoms with Crippen molar-refractivity contribution < 1.29 is 18.3 Å². The molecule has 0 aliphatic heterocycles. The second-order valence-corrected chi connectivity index (χ2v) is 7.73. The van der Waals surface area contributed by atoms with Crippen molar-refractivity contribution in [2.45, 2.75) is 31.8 Å². The summed E-state index contributed by atoms with van der Waals surface area (Å²) >= 11 is 0. The Balaban J connectivity index is 2.49. The van der Waals surface area contributed by atoms with Crippen molar-refractivity contribution in [1.29, 1.82) is 0 Å². The second kappa shape index (κ2) is 8.33. The molecule has 6 nitrogen and oxygen atoms in total. The molecule has 0 saturated carbocycles. The zero-order valence-corrected chi connectivity index (χ0v) is 15.2. The molecule has 2 rings (SSSR count). The molecule has 0 atom stereocenters. The van der Waals surface area contributed by atoms with Crippen LogP contribution in [0.5, 0.6) is 11.5 Å². The van der Waals surface area contributed by atoms with Gasteiger partial charge in [-0.3, -0.25) is 0 Å². The van der Waals surface area contributed by atoms with Crippen molar-refractivity contribution >= 4 is 15.7 Å². The summed E-state index contributed by atoms with van der Waals surface area (Å²) in [6, 6.07) is 11.9. The Bertz CT molecular complexity index is 805.